The van der Waals surface area contributed by atoms with Crippen LogP contribution in [0.5, 0.6) is 23.0 Å². The first kappa shape index (κ1) is 71.6. The Bertz CT molecular complexity index is 2710. The Labute approximate surface area is 549 Å². The SMILES string of the molecule is CCCCCCCCCCOc1ccc(-c2nnc(-c3ccc(NC(=O)C4CCC(C(=O)Nc5ccc(-c6nnc(-c7ccc(OCCCCCCCCCC)c(OCCCCCCCCCC)c7)s6)cc5)CC4)cc3)s2)cc1OCCCCCCCCCC. The highest BCUT2D eigenvalue weighted by atomic mass is 32.1. The van der Waals surface area contributed by atoms with Gasteiger partial charge in [0.15, 0.2) is 23.0 Å². The van der Waals surface area contributed by atoms with Crippen LogP contribution in [0.15, 0.2) is 84.9 Å². The van der Waals surface area contributed by atoms with Crippen molar-refractivity contribution in [3.8, 4) is 65.3 Å². The molecule has 0 atom stereocenters. The van der Waals surface area contributed by atoms with Gasteiger partial charge in [0.2, 0.25) is 11.8 Å². The van der Waals surface area contributed by atoms with Crippen LogP contribution in [0.3, 0.4) is 0 Å². The molecule has 12 nitrogen and oxygen atoms in total. The average Bonchev–Trinajstić information content (AvgIpc) is 2.23. The van der Waals surface area contributed by atoms with Crippen molar-refractivity contribution in [1.82, 2.24) is 20.4 Å². The van der Waals surface area contributed by atoms with E-state index in [1.54, 1.807) is 0 Å². The minimum Gasteiger partial charge on any atom is -0.490 e. The summed E-state index contributed by atoms with van der Waals surface area (Å²) in [6.07, 6.45) is 42.7. The molecule has 0 aliphatic heterocycles. The van der Waals surface area contributed by atoms with Crippen molar-refractivity contribution in [1.29, 1.82) is 0 Å². The van der Waals surface area contributed by atoms with Crippen LogP contribution in [0.1, 0.15) is 259 Å². The quantitative estimate of drug-likeness (QED) is 0.0354. The lowest BCUT2D eigenvalue weighted by atomic mass is 9.81. The van der Waals surface area contributed by atoms with Gasteiger partial charge in [-0.3, -0.25) is 9.59 Å². The van der Waals surface area contributed by atoms with Crippen LogP contribution in [-0.2, 0) is 9.59 Å². The third-order valence-electron chi connectivity index (χ3n) is 17.5. The van der Waals surface area contributed by atoms with Crippen LogP contribution in [0.2, 0.25) is 0 Å². The standard InChI is InChI=1S/C76H110N6O6S2/c1-5-9-13-17-21-25-29-33-53-85-67-51-45-63(57-69(67)87-55-35-31-27-23-19-15-11-7-3)75-81-79-73(89-75)61-41-47-65(48-42-61)77-71(83)59-37-39-60(40-38-59)72(84)78-66-49-43-62(44-50-66)74-80-82-76(90-74)64-46-52-68(86-54-34-30-26-22-18-14-10-6-2)70(58-64)88-56-36-32-28-24-20-16-12-8-4/h41-52,57-60H,5-40,53-56H2,1-4H3,(H,77,83)(H,78,84). The summed E-state index contributed by atoms with van der Waals surface area (Å²) in [6.45, 7) is 11.7. The summed E-state index contributed by atoms with van der Waals surface area (Å²) in [6, 6.07) is 27.9. The maximum Gasteiger partial charge on any atom is 0.227 e. The second-order valence-electron chi connectivity index (χ2n) is 25.1. The van der Waals surface area contributed by atoms with Crippen LogP contribution in [0, 0.1) is 11.8 Å². The first-order valence-corrected chi connectivity index (χ1v) is 37.3. The second-order valence-corrected chi connectivity index (χ2v) is 27.1. The normalized spacial score (nSPS) is 14.0. The highest BCUT2D eigenvalue weighted by Gasteiger charge is 2.30. The maximum absolute atomic E-state index is 13.6. The average molecular weight is 1270 g/mol. The van der Waals surface area contributed by atoms with Crippen molar-refractivity contribution in [3.63, 3.8) is 0 Å². The van der Waals surface area contributed by atoms with Gasteiger partial charge in [0.1, 0.15) is 20.0 Å². The summed E-state index contributed by atoms with van der Waals surface area (Å²) < 4.78 is 25.5. The Hall–Kier alpha value is -5.86. The van der Waals surface area contributed by atoms with Crippen LogP contribution >= 0.6 is 22.7 Å². The molecule has 1 aliphatic rings. The molecule has 2 amide bonds. The summed E-state index contributed by atoms with van der Waals surface area (Å²) in [5.41, 5.74) is 5.22. The third-order valence-corrected chi connectivity index (χ3v) is 19.6. The van der Waals surface area contributed by atoms with Crippen LogP contribution in [0.4, 0.5) is 11.4 Å². The molecule has 492 valence electrons. The number of ether oxygens (including phenoxy) is 4. The second kappa shape index (κ2) is 43.1. The van der Waals surface area contributed by atoms with E-state index in [9.17, 15) is 9.59 Å². The number of unbranched alkanes of at least 4 members (excludes halogenated alkanes) is 28. The lowest BCUT2D eigenvalue weighted by Gasteiger charge is -2.27. The number of anilines is 2. The molecule has 1 fully saturated rings. The Kier molecular flexibility index (Phi) is 34.2. The monoisotopic (exact) mass is 1270 g/mol. The number of carbonyl (C=O) groups is 2. The van der Waals surface area contributed by atoms with Crippen molar-refractivity contribution in [2.24, 2.45) is 11.8 Å². The van der Waals surface area contributed by atoms with Gasteiger partial charge in [-0.25, -0.2) is 0 Å². The molecule has 0 spiro atoms. The van der Waals surface area contributed by atoms with E-state index >= 15 is 0 Å². The fourth-order valence-corrected chi connectivity index (χ4v) is 13.5. The van der Waals surface area contributed by atoms with Gasteiger partial charge in [-0.1, -0.05) is 230 Å². The fraction of sp³-hybridized carbons (Fsp3) is 0.605. The highest BCUT2D eigenvalue weighted by Crippen LogP contribution is 2.39. The predicted molar refractivity (Wildman–Crippen MR) is 377 cm³/mol. The number of hydrogen-bond acceptors (Lipinski definition) is 12. The molecule has 7 rings (SSSR count). The number of hydrogen-bond donors (Lipinski definition) is 2. The van der Waals surface area contributed by atoms with Crippen molar-refractivity contribution < 1.29 is 28.5 Å². The van der Waals surface area contributed by atoms with Gasteiger partial charge in [-0.2, -0.15) is 0 Å². The van der Waals surface area contributed by atoms with E-state index in [1.165, 1.54) is 202 Å². The predicted octanol–water partition coefficient (Wildman–Crippen LogP) is 22.5. The van der Waals surface area contributed by atoms with Gasteiger partial charge in [-0.05, 0) is 136 Å². The van der Waals surface area contributed by atoms with Gasteiger partial charge in [0.25, 0.3) is 0 Å². The van der Waals surface area contributed by atoms with E-state index in [0.717, 1.165) is 102 Å². The molecule has 0 saturated heterocycles. The molecule has 4 aromatic carbocycles. The zero-order chi connectivity index (χ0) is 63.1. The molecule has 0 bridgehead atoms. The summed E-state index contributed by atoms with van der Waals surface area (Å²) in [5, 5.41) is 27.9. The van der Waals surface area contributed by atoms with Gasteiger partial charge in [-0.15, -0.1) is 20.4 Å². The van der Waals surface area contributed by atoms with Crippen molar-refractivity contribution >= 4 is 45.9 Å². The lowest BCUT2D eigenvalue weighted by molar-refractivity contribution is -0.125. The third kappa shape index (κ3) is 26.0. The smallest absolute Gasteiger partial charge is 0.227 e. The van der Waals surface area contributed by atoms with Crippen molar-refractivity contribution in [3.05, 3.63) is 84.9 Å². The van der Waals surface area contributed by atoms with E-state index in [0.29, 0.717) is 52.1 Å². The zero-order valence-electron chi connectivity index (χ0n) is 55.6. The first-order valence-electron chi connectivity index (χ1n) is 35.6. The molecular formula is C76H110N6O6S2. The number of nitrogens with zero attached hydrogens (tertiary/aromatic N) is 4. The van der Waals surface area contributed by atoms with Crippen molar-refractivity contribution in [2.75, 3.05) is 37.1 Å². The minimum absolute atomic E-state index is 0.0147. The van der Waals surface area contributed by atoms with Crippen LogP contribution in [0.25, 0.3) is 42.3 Å². The molecule has 6 aromatic rings. The molecule has 90 heavy (non-hydrogen) atoms. The van der Waals surface area contributed by atoms with Gasteiger partial charge >= 0.3 is 0 Å². The number of aromatic nitrogens is 4. The molecular weight excluding hydrogens is 1160 g/mol. The van der Waals surface area contributed by atoms with E-state index in [1.807, 2.05) is 60.7 Å². The first-order chi connectivity index (χ1) is 44.3. The number of amides is 2. The molecule has 1 saturated carbocycles. The number of benzene rings is 4. The number of rotatable bonds is 48. The summed E-state index contributed by atoms with van der Waals surface area (Å²) >= 11 is 3.07. The Morgan fingerprint density at radius 2 is 0.578 bits per heavy atom. The van der Waals surface area contributed by atoms with E-state index in [2.05, 4.69) is 83.0 Å². The van der Waals surface area contributed by atoms with Crippen molar-refractivity contribution in [2.45, 2.75) is 259 Å². The highest BCUT2D eigenvalue weighted by molar-refractivity contribution is 7.18. The van der Waals surface area contributed by atoms with Crippen LogP contribution in [-0.4, -0.2) is 58.6 Å². The summed E-state index contributed by atoms with van der Waals surface area (Å²) in [4.78, 5) is 27.1. The molecule has 1 aliphatic carbocycles. The van der Waals surface area contributed by atoms with E-state index < -0.39 is 0 Å². The molecule has 2 aromatic heterocycles. The maximum atomic E-state index is 13.6. The topological polar surface area (TPSA) is 147 Å². The number of carbonyl (C=O) groups excluding carboxylic acids is 2. The van der Waals surface area contributed by atoms with E-state index in [4.69, 9.17) is 18.9 Å². The zero-order valence-corrected chi connectivity index (χ0v) is 57.2. The Balaban J connectivity index is 0.850. The minimum atomic E-state index is -0.166. The molecule has 2 N–H and O–H groups in total. The molecule has 0 radical (unpaired) electrons. The largest absolute Gasteiger partial charge is 0.490 e. The number of nitrogens with one attached hydrogen (secondary N) is 2. The molecule has 14 heteroatoms. The summed E-state index contributed by atoms with van der Waals surface area (Å²) in [7, 11) is 0. The Morgan fingerprint density at radius 1 is 0.333 bits per heavy atom. The fourth-order valence-electron chi connectivity index (χ4n) is 11.8. The molecule has 0 unspecified atom stereocenters. The van der Waals surface area contributed by atoms with Crippen LogP contribution < -0.4 is 29.6 Å². The lowest BCUT2D eigenvalue weighted by Crippen LogP contribution is -2.32. The molecule has 2 heterocycles. The van der Waals surface area contributed by atoms with Gasteiger partial charge < -0.3 is 29.6 Å². The van der Waals surface area contributed by atoms with Gasteiger partial charge in [0.05, 0.1) is 26.4 Å². The Morgan fingerprint density at radius 3 is 0.867 bits per heavy atom. The van der Waals surface area contributed by atoms with E-state index in [-0.39, 0.29) is 23.7 Å². The summed E-state index contributed by atoms with van der Waals surface area (Å²) in [5.74, 6) is 2.75. The van der Waals surface area contributed by atoms with Gasteiger partial charge in [0, 0.05) is 45.5 Å².